The molecule has 0 aliphatic carbocycles. The minimum Gasteiger partial charge on any atom is -0.482 e. The third-order valence-electron chi connectivity index (χ3n) is 1.45. The second-order valence-corrected chi connectivity index (χ2v) is 3.45. The molecule has 0 heterocycles. The van der Waals surface area contributed by atoms with Gasteiger partial charge in [-0.05, 0) is 24.3 Å². The number of hydrogen-bond donors (Lipinski definition) is 0. The van der Waals surface area contributed by atoms with Gasteiger partial charge in [-0.15, -0.1) is 5.06 Å². The van der Waals surface area contributed by atoms with Gasteiger partial charge in [0, 0.05) is 19.1 Å². The predicted octanol–water partition coefficient (Wildman–Crippen LogP) is 1.74. The van der Waals surface area contributed by atoms with E-state index in [1.807, 2.05) is 0 Å². The topological polar surface area (TPSA) is 38.8 Å². The van der Waals surface area contributed by atoms with E-state index >= 15 is 0 Å². The van der Waals surface area contributed by atoms with Gasteiger partial charge in [-0.25, -0.2) is 4.79 Å². The summed E-state index contributed by atoms with van der Waals surface area (Å²) >= 11 is 5.69. The quantitative estimate of drug-likeness (QED) is 0.738. The third-order valence-corrected chi connectivity index (χ3v) is 1.71. The summed E-state index contributed by atoms with van der Waals surface area (Å²) in [7, 11) is 3.25. The van der Waals surface area contributed by atoms with Gasteiger partial charge in [0.2, 0.25) is 0 Å². The SMILES string of the molecule is CN(C)OC(=O)COc1ccc(Cl)cc1. The number of ether oxygens (including phenoxy) is 1. The Morgan fingerprint density at radius 2 is 1.93 bits per heavy atom. The maximum absolute atomic E-state index is 11.1. The smallest absolute Gasteiger partial charge is 0.362 e. The molecule has 0 atom stereocenters. The molecular weight excluding hydrogens is 218 g/mol. The van der Waals surface area contributed by atoms with E-state index in [9.17, 15) is 4.79 Å². The van der Waals surface area contributed by atoms with E-state index in [0.717, 1.165) is 0 Å². The van der Waals surface area contributed by atoms with Crippen molar-refractivity contribution < 1.29 is 14.4 Å². The molecule has 0 aliphatic heterocycles. The van der Waals surface area contributed by atoms with Crippen molar-refractivity contribution in [1.29, 1.82) is 0 Å². The lowest BCUT2D eigenvalue weighted by Gasteiger charge is -2.10. The number of carbonyl (C=O) groups is 1. The van der Waals surface area contributed by atoms with Crippen LogP contribution in [0.5, 0.6) is 5.75 Å². The van der Waals surface area contributed by atoms with Crippen LogP contribution in [-0.2, 0) is 9.63 Å². The Hall–Kier alpha value is -1.26. The van der Waals surface area contributed by atoms with Crippen LogP contribution in [0.1, 0.15) is 0 Å². The summed E-state index contributed by atoms with van der Waals surface area (Å²) in [6.07, 6.45) is 0. The van der Waals surface area contributed by atoms with Crippen LogP contribution >= 0.6 is 11.6 Å². The van der Waals surface area contributed by atoms with E-state index in [1.54, 1.807) is 38.4 Å². The third kappa shape index (κ3) is 4.67. The fourth-order valence-corrected chi connectivity index (χ4v) is 1.03. The number of halogens is 1. The minimum atomic E-state index is -0.449. The molecule has 0 saturated heterocycles. The molecule has 5 heteroatoms. The Bertz CT molecular complexity index is 324. The van der Waals surface area contributed by atoms with Gasteiger partial charge in [0.1, 0.15) is 5.75 Å². The molecule has 0 unspecified atom stereocenters. The van der Waals surface area contributed by atoms with Crippen LogP contribution in [0, 0.1) is 0 Å². The first-order chi connectivity index (χ1) is 7.08. The van der Waals surface area contributed by atoms with Gasteiger partial charge in [0.25, 0.3) is 0 Å². The van der Waals surface area contributed by atoms with Crippen LogP contribution in [0.25, 0.3) is 0 Å². The summed E-state index contributed by atoms with van der Waals surface area (Å²) in [5.41, 5.74) is 0. The summed E-state index contributed by atoms with van der Waals surface area (Å²) in [5, 5.41) is 1.94. The fourth-order valence-electron chi connectivity index (χ4n) is 0.903. The van der Waals surface area contributed by atoms with Crippen molar-refractivity contribution >= 4 is 17.6 Å². The molecule has 1 rings (SSSR count). The van der Waals surface area contributed by atoms with Gasteiger partial charge < -0.3 is 9.57 Å². The zero-order valence-corrected chi connectivity index (χ0v) is 9.32. The summed E-state index contributed by atoms with van der Waals surface area (Å²) in [5.74, 6) is 0.130. The summed E-state index contributed by atoms with van der Waals surface area (Å²) in [6.45, 7) is -0.125. The normalized spacial score (nSPS) is 10.1. The molecule has 0 amide bonds. The first-order valence-electron chi connectivity index (χ1n) is 4.34. The zero-order valence-electron chi connectivity index (χ0n) is 8.57. The number of rotatable bonds is 4. The zero-order chi connectivity index (χ0) is 11.3. The molecule has 0 aromatic heterocycles. The summed E-state index contributed by atoms with van der Waals surface area (Å²) < 4.78 is 5.16. The maximum Gasteiger partial charge on any atom is 0.362 e. The van der Waals surface area contributed by atoms with Crippen LogP contribution in [0.15, 0.2) is 24.3 Å². The van der Waals surface area contributed by atoms with Crippen molar-refractivity contribution in [1.82, 2.24) is 5.06 Å². The monoisotopic (exact) mass is 229 g/mol. The molecule has 0 saturated carbocycles. The Kier molecular flexibility index (Phi) is 4.39. The molecule has 0 radical (unpaired) electrons. The summed E-state index contributed by atoms with van der Waals surface area (Å²) in [4.78, 5) is 15.8. The number of nitrogens with zero attached hydrogens (tertiary/aromatic N) is 1. The second kappa shape index (κ2) is 5.58. The van der Waals surface area contributed by atoms with E-state index in [-0.39, 0.29) is 6.61 Å². The Labute approximate surface area is 93.3 Å². The molecule has 15 heavy (non-hydrogen) atoms. The average molecular weight is 230 g/mol. The van der Waals surface area contributed by atoms with Crippen molar-refractivity contribution in [3.8, 4) is 5.75 Å². The first kappa shape index (κ1) is 11.8. The number of hydroxylamine groups is 2. The van der Waals surface area contributed by atoms with Gasteiger partial charge in [-0.2, -0.15) is 0 Å². The molecule has 82 valence electrons. The van der Waals surface area contributed by atoms with Crippen LogP contribution in [-0.4, -0.2) is 31.7 Å². The Morgan fingerprint density at radius 3 is 2.47 bits per heavy atom. The molecule has 4 nitrogen and oxygen atoms in total. The number of carbonyl (C=O) groups excluding carboxylic acids is 1. The fraction of sp³-hybridized carbons (Fsp3) is 0.300. The largest absolute Gasteiger partial charge is 0.482 e. The maximum atomic E-state index is 11.1. The van der Waals surface area contributed by atoms with Crippen molar-refractivity contribution in [2.75, 3.05) is 20.7 Å². The van der Waals surface area contributed by atoms with Gasteiger partial charge in [-0.1, -0.05) is 11.6 Å². The molecule has 0 aliphatic rings. The molecule has 0 spiro atoms. The standard InChI is InChI=1S/C10H12ClNO3/c1-12(2)15-10(13)7-14-9-5-3-8(11)4-6-9/h3-6H,7H2,1-2H3. The number of benzene rings is 1. The Morgan fingerprint density at radius 1 is 1.33 bits per heavy atom. The highest BCUT2D eigenvalue weighted by Crippen LogP contribution is 2.15. The summed E-state index contributed by atoms with van der Waals surface area (Å²) in [6, 6.07) is 6.75. The Balaban J connectivity index is 2.37. The van der Waals surface area contributed by atoms with Crippen LogP contribution < -0.4 is 4.74 Å². The van der Waals surface area contributed by atoms with Crippen LogP contribution in [0.4, 0.5) is 0 Å². The van der Waals surface area contributed by atoms with Gasteiger partial charge in [0.15, 0.2) is 6.61 Å². The predicted molar refractivity (Wildman–Crippen MR) is 56.7 cm³/mol. The van der Waals surface area contributed by atoms with E-state index < -0.39 is 5.97 Å². The van der Waals surface area contributed by atoms with E-state index in [1.165, 1.54) is 5.06 Å². The minimum absolute atomic E-state index is 0.125. The number of hydrogen-bond acceptors (Lipinski definition) is 4. The second-order valence-electron chi connectivity index (χ2n) is 3.02. The van der Waals surface area contributed by atoms with E-state index in [4.69, 9.17) is 21.2 Å². The average Bonchev–Trinajstić information content (AvgIpc) is 2.16. The molecule has 0 bridgehead atoms. The lowest BCUT2D eigenvalue weighted by Crippen LogP contribution is -2.23. The van der Waals surface area contributed by atoms with Crippen molar-refractivity contribution in [3.05, 3.63) is 29.3 Å². The molecule has 0 fully saturated rings. The van der Waals surface area contributed by atoms with Gasteiger partial charge in [0.05, 0.1) is 0 Å². The highest BCUT2D eigenvalue weighted by molar-refractivity contribution is 6.30. The van der Waals surface area contributed by atoms with Crippen LogP contribution in [0.2, 0.25) is 5.02 Å². The molecule has 1 aromatic rings. The van der Waals surface area contributed by atoms with Gasteiger partial charge in [-0.3, -0.25) is 0 Å². The van der Waals surface area contributed by atoms with Crippen LogP contribution in [0.3, 0.4) is 0 Å². The van der Waals surface area contributed by atoms with E-state index in [2.05, 4.69) is 0 Å². The lowest BCUT2D eigenvalue weighted by atomic mass is 10.3. The molecule has 1 aromatic carbocycles. The highest BCUT2D eigenvalue weighted by atomic mass is 35.5. The van der Waals surface area contributed by atoms with E-state index in [0.29, 0.717) is 10.8 Å². The highest BCUT2D eigenvalue weighted by Gasteiger charge is 2.05. The first-order valence-corrected chi connectivity index (χ1v) is 4.72. The lowest BCUT2D eigenvalue weighted by molar-refractivity contribution is -0.180. The van der Waals surface area contributed by atoms with Crippen molar-refractivity contribution in [2.24, 2.45) is 0 Å². The molecular formula is C10H12ClNO3. The van der Waals surface area contributed by atoms with Gasteiger partial charge >= 0.3 is 5.97 Å². The molecule has 0 N–H and O–H groups in total. The van der Waals surface area contributed by atoms with Crippen molar-refractivity contribution in [3.63, 3.8) is 0 Å². The van der Waals surface area contributed by atoms with Crippen molar-refractivity contribution in [2.45, 2.75) is 0 Å².